The lowest BCUT2D eigenvalue weighted by Gasteiger charge is -2.11. The number of anilines is 2. The normalized spacial score (nSPS) is 14.6. The van der Waals surface area contributed by atoms with E-state index < -0.39 is 12.1 Å². The molecule has 4 heterocycles. The molecule has 176 valence electrons. The Bertz CT molecular complexity index is 1330. The van der Waals surface area contributed by atoms with Crippen LogP contribution in [0.4, 0.5) is 24.7 Å². The number of esters is 1. The van der Waals surface area contributed by atoms with Gasteiger partial charge in [-0.3, -0.25) is 4.90 Å². The number of likely N-dealkylation sites (tertiary alicyclic amines) is 1. The molecule has 1 saturated heterocycles. The maximum Gasteiger partial charge on any atom is 0.491 e. The van der Waals surface area contributed by atoms with Gasteiger partial charge in [0.2, 0.25) is 0 Å². The van der Waals surface area contributed by atoms with E-state index in [2.05, 4.69) is 24.9 Å². The summed E-state index contributed by atoms with van der Waals surface area (Å²) in [4.78, 5) is 23.0. The Labute approximate surface area is 196 Å². The topological polar surface area (TPSA) is 80.5 Å². The largest absolute Gasteiger partial charge is 0.491 e. The van der Waals surface area contributed by atoms with Gasteiger partial charge in [0.15, 0.2) is 5.82 Å². The molecule has 4 aromatic rings. The summed E-state index contributed by atoms with van der Waals surface area (Å²) in [5.74, 6) is -1.29. The maximum absolute atomic E-state index is 12.5. The molecule has 0 amide bonds. The quantitative estimate of drug-likeness (QED) is 0.273. The first kappa shape index (κ1) is 22.4. The summed E-state index contributed by atoms with van der Waals surface area (Å²) >= 11 is 1.44. The van der Waals surface area contributed by atoms with E-state index in [9.17, 15) is 18.0 Å². The second kappa shape index (κ2) is 9.07. The molecule has 0 saturated carbocycles. The second-order valence-corrected chi connectivity index (χ2v) is 8.94. The van der Waals surface area contributed by atoms with Crippen molar-refractivity contribution in [2.24, 2.45) is 0 Å². The highest BCUT2D eigenvalue weighted by molar-refractivity contribution is 7.22. The Morgan fingerprint density at radius 3 is 2.79 bits per heavy atom. The predicted octanol–water partition coefficient (Wildman–Crippen LogP) is 5.76. The Kier molecular flexibility index (Phi) is 5.96. The fourth-order valence-electron chi connectivity index (χ4n) is 3.79. The van der Waals surface area contributed by atoms with E-state index >= 15 is 0 Å². The Morgan fingerprint density at radius 2 is 2.00 bits per heavy atom. The molecule has 34 heavy (non-hydrogen) atoms. The molecule has 1 fully saturated rings. The number of hydrogen-bond acceptors (Lipinski definition) is 8. The van der Waals surface area contributed by atoms with Gasteiger partial charge in [0, 0.05) is 23.9 Å². The minimum atomic E-state index is -5.07. The molecule has 1 N–H and O–H groups in total. The summed E-state index contributed by atoms with van der Waals surface area (Å²) in [6, 6.07) is 9.61. The number of thiophene rings is 1. The zero-order valence-electron chi connectivity index (χ0n) is 17.8. The third kappa shape index (κ3) is 4.90. The number of furan rings is 1. The van der Waals surface area contributed by atoms with Crippen LogP contribution in [0.1, 0.15) is 18.4 Å². The standard InChI is InChI=1S/C23H19F3N4O3S/c24-23(25,26)22(31)33-16-5-3-4-15(9-16)29-21-20-17(27-13-28-21)10-19(34-20)18-8-14(12-32-18)11-30-6-1-2-7-30/h3-5,8-10,12-13H,1-2,6-7,11H2,(H,27,28,29). The van der Waals surface area contributed by atoms with Crippen LogP contribution >= 0.6 is 11.3 Å². The SMILES string of the molecule is O=C(Oc1cccc(Nc2ncnc3cc(-c4cc(CN5CCCC5)co4)sc23)c1)C(F)(F)F. The third-order valence-corrected chi connectivity index (χ3v) is 6.50. The fourth-order valence-corrected chi connectivity index (χ4v) is 4.81. The summed E-state index contributed by atoms with van der Waals surface area (Å²) in [6.45, 7) is 3.06. The van der Waals surface area contributed by atoms with Crippen molar-refractivity contribution in [3.63, 3.8) is 0 Å². The lowest BCUT2D eigenvalue weighted by Crippen LogP contribution is -2.27. The van der Waals surface area contributed by atoms with E-state index in [0.717, 1.165) is 40.5 Å². The molecule has 0 atom stereocenters. The lowest BCUT2D eigenvalue weighted by molar-refractivity contribution is -0.189. The van der Waals surface area contributed by atoms with Crippen LogP contribution in [-0.2, 0) is 11.3 Å². The molecular formula is C23H19F3N4O3S. The van der Waals surface area contributed by atoms with Gasteiger partial charge in [-0.1, -0.05) is 6.07 Å². The first-order valence-corrected chi connectivity index (χ1v) is 11.4. The molecule has 0 unspecified atom stereocenters. The number of nitrogens with one attached hydrogen (secondary N) is 1. The lowest BCUT2D eigenvalue weighted by atomic mass is 10.2. The van der Waals surface area contributed by atoms with E-state index in [0.29, 0.717) is 17.0 Å². The number of alkyl halides is 3. The summed E-state index contributed by atoms with van der Waals surface area (Å²) in [5, 5.41) is 3.07. The average molecular weight is 488 g/mol. The summed E-state index contributed by atoms with van der Waals surface area (Å²) in [5.41, 5.74) is 2.23. The van der Waals surface area contributed by atoms with E-state index in [1.165, 1.54) is 48.7 Å². The Balaban J connectivity index is 1.36. The third-order valence-electron chi connectivity index (χ3n) is 5.35. The zero-order valence-corrected chi connectivity index (χ0v) is 18.6. The summed E-state index contributed by atoms with van der Waals surface area (Å²) in [6.07, 6.45) is 0.550. The molecule has 0 bridgehead atoms. The van der Waals surface area contributed by atoms with E-state index in [4.69, 9.17) is 4.42 Å². The maximum atomic E-state index is 12.5. The van der Waals surface area contributed by atoms with Gasteiger partial charge in [-0.25, -0.2) is 14.8 Å². The molecule has 0 spiro atoms. The molecule has 11 heteroatoms. The van der Waals surface area contributed by atoms with Crippen LogP contribution in [0.2, 0.25) is 0 Å². The van der Waals surface area contributed by atoms with Crippen LogP contribution in [-0.4, -0.2) is 40.1 Å². The number of aromatic nitrogens is 2. The van der Waals surface area contributed by atoms with Gasteiger partial charge in [0.1, 0.15) is 17.8 Å². The number of hydrogen-bond donors (Lipinski definition) is 1. The summed E-state index contributed by atoms with van der Waals surface area (Å²) < 4.78 is 48.4. The summed E-state index contributed by atoms with van der Waals surface area (Å²) in [7, 11) is 0. The van der Waals surface area contributed by atoms with Gasteiger partial charge in [-0.05, 0) is 50.2 Å². The van der Waals surface area contributed by atoms with E-state index in [1.54, 1.807) is 12.3 Å². The van der Waals surface area contributed by atoms with Crippen molar-refractivity contribution in [3.8, 4) is 16.4 Å². The molecule has 5 rings (SSSR count). The van der Waals surface area contributed by atoms with Crippen LogP contribution in [0, 0.1) is 0 Å². The molecule has 0 radical (unpaired) electrons. The number of benzene rings is 1. The Hall–Kier alpha value is -3.44. The van der Waals surface area contributed by atoms with Gasteiger partial charge in [-0.2, -0.15) is 13.2 Å². The van der Waals surface area contributed by atoms with Crippen LogP contribution < -0.4 is 10.1 Å². The molecule has 1 aliphatic heterocycles. The number of fused-ring (bicyclic) bond motifs is 1. The van der Waals surface area contributed by atoms with Gasteiger partial charge in [0.25, 0.3) is 0 Å². The average Bonchev–Trinajstić information content (AvgIpc) is 3.55. The first-order chi connectivity index (χ1) is 16.3. The molecule has 7 nitrogen and oxygen atoms in total. The Morgan fingerprint density at radius 1 is 1.18 bits per heavy atom. The first-order valence-electron chi connectivity index (χ1n) is 10.6. The van der Waals surface area contributed by atoms with Crippen molar-refractivity contribution in [2.75, 3.05) is 18.4 Å². The molecule has 1 aliphatic rings. The van der Waals surface area contributed by atoms with Crippen molar-refractivity contribution in [1.82, 2.24) is 14.9 Å². The number of ether oxygens (including phenoxy) is 1. The smallest absolute Gasteiger partial charge is 0.463 e. The van der Waals surface area contributed by atoms with E-state index in [1.807, 2.05) is 12.1 Å². The highest BCUT2D eigenvalue weighted by atomic mass is 32.1. The van der Waals surface area contributed by atoms with Crippen molar-refractivity contribution in [1.29, 1.82) is 0 Å². The minimum absolute atomic E-state index is 0.231. The van der Waals surface area contributed by atoms with Crippen molar-refractivity contribution >= 4 is 39.0 Å². The van der Waals surface area contributed by atoms with Crippen molar-refractivity contribution < 1.29 is 27.1 Å². The number of halogens is 3. The molecule has 0 aliphatic carbocycles. The molecule has 1 aromatic carbocycles. The van der Waals surface area contributed by atoms with E-state index in [-0.39, 0.29) is 5.75 Å². The number of carbonyl (C=O) groups is 1. The number of nitrogens with zero attached hydrogens (tertiary/aromatic N) is 3. The highest BCUT2D eigenvalue weighted by Crippen LogP contribution is 2.37. The second-order valence-electron chi connectivity index (χ2n) is 7.89. The minimum Gasteiger partial charge on any atom is -0.463 e. The predicted molar refractivity (Wildman–Crippen MR) is 121 cm³/mol. The van der Waals surface area contributed by atoms with Crippen molar-refractivity contribution in [3.05, 3.63) is 54.6 Å². The van der Waals surface area contributed by atoms with Gasteiger partial charge in [-0.15, -0.1) is 11.3 Å². The van der Waals surface area contributed by atoms with Gasteiger partial charge in [0.05, 0.1) is 21.4 Å². The zero-order chi connectivity index (χ0) is 23.7. The van der Waals surface area contributed by atoms with Gasteiger partial charge >= 0.3 is 12.1 Å². The van der Waals surface area contributed by atoms with Crippen LogP contribution in [0.15, 0.2) is 53.4 Å². The van der Waals surface area contributed by atoms with Crippen LogP contribution in [0.3, 0.4) is 0 Å². The number of carbonyl (C=O) groups excluding carboxylic acids is 1. The monoisotopic (exact) mass is 488 g/mol. The van der Waals surface area contributed by atoms with Crippen LogP contribution in [0.5, 0.6) is 5.75 Å². The molecular weight excluding hydrogens is 469 g/mol. The van der Waals surface area contributed by atoms with Crippen LogP contribution in [0.25, 0.3) is 20.9 Å². The number of rotatable bonds is 6. The molecule has 3 aromatic heterocycles. The van der Waals surface area contributed by atoms with Gasteiger partial charge < -0.3 is 14.5 Å². The van der Waals surface area contributed by atoms with Crippen molar-refractivity contribution in [2.45, 2.75) is 25.6 Å². The fraction of sp³-hybridized carbons (Fsp3) is 0.261. The highest BCUT2D eigenvalue weighted by Gasteiger charge is 2.41.